The highest BCUT2D eigenvalue weighted by Gasteiger charge is 2.41. The van der Waals surface area contributed by atoms with E-state index >= 15 is 0 Å². The Morgan fingerprint density at radius 2 is 1.33 bits per heavy atom. The van der Waals surface area contributed by atoms with Gasteiger partial charge in [0.25, 0.3) is 0 Å². The van der Waals surface area contributed by atoms with Crippen molar-refractivity contribution in [1.82, 2.24) is 0 Å². The number of hydrogen-bond acceptors (Lipinski definition) is 10. The number of hydrogen-bond donors (Lipinski definition) is 5. The van der Waals surface area contributed by atoms with Gasteiger partial charge in [-0.3, -0.25) is 18.9 Å². The monoisotopic (exact) mass is 706 g/mol. The van der Waals surface area contributed by atoms with Crippen LogP contribution in [0.2, 0.25) is 0 Å². The molecule has 280 valence electrons. The Labute approximate surface area is 287 Å². The van der Waals surface area contributed by atoms with Gasteiger partial charge in [0, 0.05) is 43.9 Å². The molecule has 0 amide bonds. The van der Waals surface area contributed by atoms with Crippen LogP contribution in [0.3, 0.4) is 0 Å². The maximum absolute atomic E-state index is 12.7. The van der Waals surface area contributed by atoms with Crippen molar-refractivity contribution in [2.24, 2.45) is 11.8 Å². The fraction of sp³-hybridized carbons (Fsp3) is 0.857. The molecule has 48 heavy (non-hydrogen) atoms. The predicted molar refractivity (Wildman–Crippen MR) is 182 cm³/mol. The quantitative estimate of drug-likeness (QED) is 0.0270. The number of aliphatic hydroxyl groups excluding tert-OH is 3. The third-order valence-electron chi connectivity index (χ3n) is 8.77. The standard InChI is InChI=1S/C35H63O12P/c1-3-5-7-8-9-10-11-12-14-19-34(40)45-25-29(26-46-48(42,43)44)47-35(41)20-16-15-18-28(37)23-31-30(32(38)24-33(31)39)22-21-27(36)17-13-6-4-2/h21-22,27,29-33,36,38-39H,3-20,23-26H2,1-2H3,(H2,42,43,44)/b22-21+/t27-,29+,30+,31+,32+,33-/m0/s1. The molecule has 13 heteroatoms. The highest BCUT2D eigenvalue weighted by atomic mass is 31.2. The lowest BCUT2D eigenvalue weighted by atomic mass is 9.87. The van der Waals surface area contributed by atoms with Crippen molar-refractivity contribution in [3.05, 3.63) is 12.2 Å². The average molecular weight is 707 g/mol. The number of unbranched alkanes of at least 4 members (excludes halogenated alkanes) is 11. The molecule has 0 aliphatic heterocycles. The molecule has 0 radical (unpaired) electrons. The number of phosphoric ester groups is 1. The van der Waals surface area contributed by atoms with Gasteiger partial charge in [0.2, 0.25) is 0 Å². The van der Waals surface area contributed by atoms with Crippen molar-refractivity contribution >= 4 is 25.5 Å². The van der Waals surface area contributed by atoms with E-state index in [0.29, 0.717) is 25.7 Å². The van der Waals surface area contributed by atoms with Crippen LogP contribution in [0.4, 0.5) is 0 Å². The zero-order valence-corrected chi connectivity index (χ0v) is 30.1. The van der Waals surface area contributed by atoms with Gasteiger partial charge in [0.1, 0.15) is 12.4 Å². The molecule has 12 nitrogen and oxygen atoms in total. The second kappa shape index (κ2) is 26.2. The normalized spacial score (nSPS) is 21.0. The minimum atomic E-state index is -4.85. The van der Waals surface area contributed by atoms with Crippen molar-refractivity contribution in [2.45, 2.75) is 167 Å². The molecule has 6 atom stereocenters. The molecule has 0 aromatic heterocycles. The summed E-state index contributed by atoms with van der Waals surface area (Å²) in [7, 11) is -4.85. The summed E-state index contributed by atoms with van der Waals surface area (Å²) >= 11 is 0. The summed E-state index contributed by atoms with van der Waals surface area (Å²) in [5.41, 5.74) is 0. The van der Waals surface area contributed by atoms with Crippen LogP contribution < -0.4 is 0 Å². The highest BCUT2D eigenvalue weighted by Crippen LogP contribution is 2.37. The molecule has 0 bridgehead atoms. The van der Waals surface area contributed by atoms with Crippen LogP contribution in [-0.2, 0) is 32.9 Å². The van der Waals surface area contributed by atoms with Crippen LogP contribution in [0, 0.1) is 11.8 Å². The first-order valence-corrected chi connectivity index (χ1v) is 19.7. The maximum atomic E-state index is 12.7. The van der Waals surface area contributed by atoms with E-state index in [1.54, 1.807) is 12.2 Å². The SMILES string of the molecule is CCCCCCCCCCCC(=O)OC[C@H](COP(=O)(O)O)OC(=O)CCCCC(=O)C[C@@H]1[C@@H](/C=C/[C@@H](O)CCCCC)[C@H](O)C[C@@H]1O. The third-order valence-corrected chi connectivity index (χ3v) is 9.25. The van der Waals surface area contributed by atoms with Crippen LogP contribution in [0.1, 0.15) is 142 Å². The van der Waals surface area contributed by atoms with Crippen molar-refractivity contribution in [3.63, 3.8) is 0 Å². The number of carbonyl (C=O) groups excluding carboxylic acids is 3. The Morgan fingerprint density at radius 3 is 1.98 bits per heavy atom. The molecule has 0 saturated heterocycles. The van der Waals surface area contributed by atoms with E-state index in [1.165, 1.54) is 32.1 Å². The fourth-order valence-corrected chi connectivity index (χ4v) is 6.32. The van der Waals surface area contributed by atoms with Crippen molar-refractivity contribution < 1.29 is 58.1 Å². The molecule has 0 heterocycles. The largest absolute Gasteiger partial charge is 0.469 e. The van der Waals surface area contributed by atoms with Crippen LogP contribution in [0.25, 0.3) is 0 Å². The molecule has 0 aromatic carbocycles. The van der Waals surface area contributed by atoms with Crippen LogP contribution in [-0.4, -0.2) is 80.5 Å². The number of aliphatic hydroxyl groups is 3. The zero-order chi connectivity index (χ0) is 35.8. The van der Waals surface area contributed by atoms with Gasteiger partial charge in [0.15, 0.2) is 6.10 Å². The van der Waals surface area contributed by atoms with E-state index in [9.17, 15) is 34.3 Å². The predicted octanol–water partition coefficient (Wildman–Crippen LogP) is 5.85. The molecule has 0 aromatic rings. The maximum Gasteiger partial charge on any atom is 0.469 e. The van der Waals surface area contributed by atoms with E-state index in [0.717, 1.165) is 38.5 Å². The van der Waals surface area contributed by atoms with Crippen LogP contribution in [0.15, 0.2) is 12.2 Å². The zero-order valence-electron chi connectivity index (χ0n) is 29.2. The van der Waals surface area contributed by atoms with Gasteiger partial charge in [0.05, 0.1) is 24.9 Å². The van der Waals surface area contributed by atoms with E-state index < -0.39 is 69.2 Å². The lowest BCUT2D eigenvalue weighted by Gasteiger charge is -2.20. The molecule has 1 rings (SSSR count). The summed E-state index contributed by atoms with van der Waals surface area (Å²) in [5.74, 6) is -2.20. The Kier molecular flexibility index (Phi) is 24.2. The summed E-state index contributed by atoms with van der Waals surface area (Å²) in [5, 5.41) is 31.1. The topological polar surface area (TPSA) is 197 Å². The molecule has 0 spiro atoms. The molecule has 1 aliphatic carbocycles. The second-order valence-corrected chi connectivity index (χ2v) is 14.4. The van der Waals surface area contributed by atoms with Crippen LogP contribution >= 0.6 is 7.82 Å². The number of rotatable bonds is 29. The van der Waals surface area contributed by atoms with Crippen molar-refractivity contribution in [1.29, 1.82) is 0 Å². The first-order valence-electron chi connectivity index (χ1n) is 18.2. The minimum Gasteiger partial charge on any atom is -0.462 e. The number of ketones is 1. The fourth-order valence-electron chi connectivity index (χ4n) is 5.96. The van der Waals surface area contributed by atoms with E-state index in [-0.39, 0.29) is 37.9 Å². The number of esters is 2. The molecule has 1 saturated carbocycles. The molecule has 0 unspecified atom stereocenters. The summed E-state index contributed by atoms with van der Waals surface area (Å²) in [4.78, 5) is 55.5. The highest BCUT2D eigenvalue weighted by molar-refractivity contribution is 7.46. The lowest BCUT2D eigenvalue weighted by molar-refractivity contribution is -0.161. The van der Waals surface area contributed by atoms with Gasteiger partial charge in [-0.15, -0.1) is 0 Å². The van der Waals surface area contributed by atoms with Crippen molar-refractivity contribution in [2.75, 3.05) is 13.2 Å². The van der Waals surface area contributed by atoms with Gasteiger partial charge >= 0.3 is 19.8 Å². The smallest absolute Gasteiger partial charge is 0.462 e. The number of ether oxygens (including phenoxy) is 2. The van der Waals surface area contributed by atoms with Gasteiger partial charge < -0.3 is 34.6 Å². The summed E-state index contributed by atoms with van der Waals surface area (Å²) in [6.07, 6.45) is 14.5. The minimum absolute atomic E-state index is 0.0653. The van der Waals surface area contributed by atoms with Gasteiger partial charge in [-0.25, -0.2) is 4.57 Å². The second-order valence-electron chi connectivity index (χ2n) is 13.2. The number of phosphoric acid groups is 1. The van der Waals surface area contributed by atoms with E-state index in [1.807, 2.05) is 0 Å². The molecule has 1 fully saturated rings. The van der Waals surface area contributed by atoms with Crippen LogP contribution in [0.5, 0.6) is 0 Å². The van der Waals surface area contributed by atoms with E-state index in [2.05, 4.69) is 18.4 Å². The van der Waals surface area contributed by atoms with Crippen molar-refractivity contribution in [3.8, 4) is 0 Å². The Balaban J connectivity index is 2.42. The van der Waals surface area contributed by atoms with Gasteiger partial charge in [-0.05, 0) is 25.7 Å². The van der Waals surface area contributed by atoms with Gasteiger partial charge in [-0.1, -0.05) is 96.6 Å². The Morgan fingerprint density at radius 1 is 0.771 bits per heavy atom. The lowest BCUT2D eigenvalue weighted by Crippen LogP contribution is -2.29. The molecule has 1 aliphatic rings. The first kappa shape index (κ1) is 44.4. The Hall–Kier alpha value is -1.66. The average Bonchev–Trinajstić information content (AvgIpc) is 3.29. The van der Waals surface area contributed by atoms with E-state index in [4.69, 9.17) is 19.3 Å². The first-order chi connectivity index (χ1) is 22.9. The molecular weight excluding hydrogens is 643 g/mol. The number of carbonyl (C=O) groups is 3. The summed E-state index contributed by atoms with van der Waals surface area (Å²) in [6.45, 7) is 3.21. The summed E-state index contributed by atoms with van der Waals surface area (Å²) < 4.78 is 26.1. The molecule has 5 N–H and O–H groups in total. The summed E-state index contributed by atoms with van der Waals surface area (Å²) in [6, 6.07) is 0. The molecular formula is C35H63O12P. The third kappa shape index (κ3) is 22.1. The number of Topliss-reactive ketones (excluding diaryl/α,β-unsaturated/α-hetero) is 1. The Bertz CT molecular complexity index is 967. The van der Waals surface area contributed by atoms with Gasteiger partial charge in [-0.2, -0.15) is 0 Å².